The Bertz CT molecular complexity index is 630. The smallest absolute Gasteiger partial charge is 0.307 e. The lowest BCUT2D eigenvalue weighted by Crippen LogP contribution is -2.47. The van der Waals surface area contributed by atoms with Gasteiger partial charge in [-0.05, 0) is 6.92 Å². The minimum Gasteiger partial charge on any atom is -0.353 e. The first-order valence-corrected chi connectivity index (χ1v) is 8.00. The van der Waals surface area contributed by atoms with E-state index in [-0.39, 0.29) is 4.87 Å². The van der Waals surface area contributed by atoms with Gasteiger partial charge in [-0.25, -0.2) is 4.98 Å². The average molecular weight is 305 g/mol. The Labute approximate surface area is 127 Å². The van der Waals surface area contributed by atoms with Gasteiger partial charge in [0.15, 0.2) is 0 Å². The molecule has 0 amide bonds. The molecule has 0 spiro atoms. The largest absolute Gasteiger partial charge is 0.353 e. The molecule has 1 aliphatic rings. The van der Waals surface area contributed by atoms with E-state index in [2.05, 4.69) is 19.8 Å². The van der Waals surface area contributed by atoms with Gasteiger partial charge in [0.2, 0.25) is 0 Å². The van der Waals surface area contributed by atoms with Crippen molar-refractivity contribution in [1.29, 1.82) is 0 Å². The predicted octanol–water partition coefficient (Wildman–Crippen LogP) is 0.830. The van der Waals surface area contributed by atoms with E-state index in [1.54, 1.807) is 12.4 Å². The van der Waals surface area contributed by atoms with Crippen molar-refractivity contribution in [1.82, 2.24) is 19.4 Å². The lowest BCUT2D eigenvalue weighted by Gasteiger charge is -2.35. The SMILES string of the molecule is Cc1csc(=O)n1CCN1CCN(c2cnccn2)CC1. The summed E-state index contributed by atoms with van der Waals surface area (Å²) in [5.41, 5.74) is 1.06. The second kappa shape index (κ2) is 6.36. The zero-order valence-corrected chi connectivity index (χ0v) is 12.9. The Morgan fingerprint density at radius 2 is 2.00 bits per heavy atom. The normalized spacial score (nSPS) is 16.3. The van der Waals surface area contributed by atoms with Crippen LogP contribution in [0.15, 0.2) is 28.8 Å². The predicted molar refractivity (Wildman–Crippen MR) is 84.0 cm³/mol. The van der Waals surface area contributed by atoms with E-state index in [9.17, 15) is 4.79 Å². The van der Waals surface area contributed by atoms with Crippen LogP contribution < -0.4 is 9.77 Å². The highest BCUT2D eigenvalue weighted by Gasteiger charge is 2.18. The van der Waals surface area contributed by atoms with Crippen LogP contribution in [0.1, 0.15) is 5.69 Å². The third kappa shape index (κ3) is 3.30. The van der Waals surface area contributed by atoms with Crippen LogP contribution in [0, 0.1) is 6.92 Å². The number of thiazole rings is 1. The summed E-state index contributed by atoms with van der Waals surface area (Å²) in [5.74, 6) is 0.946. The van der Waals surface area contributed by atoms with Gasteiger partial charge in [0.25, 0.3) is 0 Å². The fraction of sp³-hybridized carbons (Fsp3) is 0.500. The molecule has 0 bridgehead atoms. The Balaban J connectivity index is 1.51. The molecule has 0 saturated carbocycles. The highest BCUT2D eigenvalue weighted by atomic mass is 32.1. The number of rotatable bonds is 4. The zero-order chi connectivity index (χ0) is 14.7. The van der Waals surface area contributed by atoms with E-state index in [0.29, 0.717) is 0 Å². The molecule has 3 heterocycles. The van der Waals surface area contributed by atoms with Crippen molar-refractivity contribution < 1.29 is 0 Å². The molecule has 2 aromatic heterocycles. The molecule has 0 aromatic carbocycles. The molecule has 1 fully saturated rings. The summed E-state index contributed by atoms with van der Waals surface area (Å²) in [6.07, 6.45) is 5.23. The molecule has 0 atom stereocenters. The first-order valence-electron chi connectivity index (χ1n) is 7.12. The van der Waals surface area contributed by atoms with Crippen molar-refractivity contribution >= 4 is 17.2 Å². The standard InChI is InChI=1S/C14H19N5OS/c1-12-11-21-14(20)19(12)9-6-17-4-7-18(8-5-17)13-10-15-2-3-16-13/h2-3,10-11H,4-9H2,1H3. The third-order valence-corrected chi connectivity index (χ3v) is 4.74. The molecule has 1 aliphatic heterocycles. The van der Waals surface area contributed by atoms with Crippen LogP contribution in [0.2, 0.25) is 0 Å². The third-order valence-electron chi connectivity index (χ3n) is 3.86. The van der Waals surface area contributed by atoms with Gasteiger partial charge in [-0.15, -0.1) is 0 Å². The maximum absolute atomic E-state index is 11.7. The fourth-order valence-electron chi connectivity index (χ4n) is 2.57. The summed E-state index contributed by atoms with van der Waals surface area (Å²) in [7, 11) is 0. The molecule has 0 radical (unpaired) electrons. The number of hydrogen-bond acceptors (Lipinski definition) is 6. The molecule has 0 aliphatic carbocycles. The van der Waals surface area contributed by atoms with Gasteiger partial charge in [0.1, 0.15) is 5.82 Å². The van der Waals surface area contributed by atoms with E-state index in [1.165, 1.54) is 11.3 Å². The maximum atomic E-state index is 11.7. The first-order chi connectivity index (χ1) is 10.2. The van der Waals surface area contributed by atoms with Crippen LogP contribution in [0.4, 0.5) is 5.82 Å². The number of nitrogens with zero attached hydrogens (tertiary/aromatic N) is 5. The van der Waals surface area contributed by atoms with Crippen LogP contribution in [0.25, 0.3) is 0 Å². The minimum atomic E-state index is 0.144. The van der Waals surface area contributed by atoms with E-state index >= 15 is 0 Å². The summed E-state index contributed by atoms with van der Waals surface area (Å²) in [4.78, 5) is 24.9. The summed E-state index contributed by atoms with van der Waals surface area (Å²) in [6, 6.07) is 0. The Morgan fingerprint density at radius 1 is 1.19 bits per heavy atom. The van der Waals surface area contributed by atoms with E-state index in [4.69, 9.17) is 0 Å². The van der Waals surface area contributed by atoms with Gasteiger partial charge in [0.05, 0.1) is 6.20 Å². The van der Waals surface area contributed by atoms with E-state index in [0.717, 1.165) is 50.8 Å². The second-order valence-electron chi connectivity index (χ2n) is 5.19. The molecular weight excluding hydrogens is 286 g/mol. The molecule has 3 rings (SSSR count). The Kier molecular flexibility index (Phi) is 4.31. The van der Waals surface area contributed by atoms with Gasteiger partial charge >= 0.3 is 4.87 Å². The minimum absolute atomic E-state index is 0.144. The number of anilines is 1. The van der Waals surface area contributed by atoms with E-state index in [1.807, 2.05) is 23.1 Å². The zero-order valence-electron chi connectivity index (χ0n) is 12.1. The fourth-order valence-corrected chi connectivity index (χ4v) is 3.33. The highest BCUT2D eigenvalue weighted by molar-refractivity contribution is 7.07. The highest BCUT2D eigenvalue weighted by Crippen LogP contribution is 2.11. The van der Waals surface area contributed by atoms with Crippen LogP contribution in [0.3, 0.4) is 0 Å². The number of aromatic nitrogens is 3. The van der Waals surface area contributed by atoms with Crippen LogP contribution in [-0.4, -0.2) is 52.2 Å². The van der Waals surface area contributed by atoms with Crippen molar-refractivity contribution in [2.75, 3.05) is 37.6 Å². The molecule has 0 unspecified atom stereocenters. The summed E-state index contributed by atoms with van der Waals surface area (Å²) in [5, 5.41) is 1.92. The molecule has 21 heavy (non-hydrogen) atoms. The lowest BCUT2D eigenvalue weighted by molar-refractivity contribution is 0.246. The van der Waals surface area contributed by atoms with Gasteiger partial charge in [-0.2, -0.15) is 0 Å². The summed E-state index contributed by atoms with van der Waals surface area (Å²) < 4.78 is 1.86. The number of piperazine rings is 1. The number of hydrogen-bond donors (Lipinski definition) is 0. The van der Waals surface area contributed by atoms with Gasteiger partial charge in [-0.3, -0.25) is 14.7 Å². The second-order valence-corrected chi connectivity index (χ2v) is 6.01. The molecule has 112 valence electrons. The topological polar surface area (TPSA) is 54.3 Å². The molecule has 7 heteroatoms. The van der Waals surface area contributed by atoms with Gasteiger partial charge < -0.3 is 9.47 Å². The molecular formula is C14H19N5OS. The lowest BCUT2D eigenvalue weighted by atomic mass is 10.3. The van der Waals surface area contributed by atoms with E-state index < -0.39 is 0 Å². The van der Waals surface area contributed by atoms with Crippen molar-refractivity contribution in [3.05, 3.63) is 39.3 Å². The monoisotopic (exact) mass is 305 g/mol. The molecule has 0 N–H and O–H groups in total. The molecule has 6 nitrogen and oxygen atoms in total. The summed E-state index contributed by atoms with van der Waals surface area (Å²) in [6.45, 7) is 7.59. The van der Waals surface area contributed by atoms with Crippen molar-refractivity contribution in [2.24, 2.45) is 0 Å². The van der Waals surface area contributed by atoms with Crippen LogP contribution in [-0.2, 0) is 6.54 Å². The Morgan fingerprint density at radius 3 is 2.62 bits per heavy atom. The van der Waals surface area contributed by atoms with Crippen molar-refractivity contribution in [2.45, 2.75) is 13.5 Å². The quantitative estimate of drug-likeness (QED) is 0.837. The number of aryl methyl sites for hydroxylation is 1. The van der Waals surface area contributed by atoms with Crippen LogP contribution in [0.5, 0.6) is 0 Å². The molecule has 1 saturated heterocycles. The maximum Gasteiger partial charge on any atom is 0.307 e. The van der Waals surface area contributed by atoms with Crippen molar-refractivity contribution in [3.8, 4) is 0 Å². The summed E-state index contributed by atoms with van der Waals surface area (Å²) >= 11 is 1.28. The van der Waals surface area contributed by atoms with Gasteiger partial charge in [-0.1, -0.05) is 11.3 Å². The van der Waals surface area contributed by atoms with Gasteiger partial charge in [0, 0.05) is 62.7 Å². The van der Waals surface area contributed by atoms with Crippen LogP contribution >= 0.6 is 11.3 Å². The molecule has 2 aromatic rings. The Hall–Kier alpha value is -1.73. The van der Waals surface area contributed by atoms with Crippen molar-refractivity contribution in [3.63, 3.8) is 0 Å². The average Bonchev–Trinajstić information content (AvgIpc) is 2.85. The first kappa shape index (κ1) is 14.2.